The Morgan fingerprint density at radius 2 is 1.86 bits per heavy atom. The summed E-state index contributed by atoms with van der Waals surface area (Å²) in [7, 11) is 0. The molecular formula is C22H17ClN2O2S. The van der Waals surface area contributed by atoms with Crippen molar-refractivity contribution in [1.82, 2.24) is 10.5 Å². The Morgan fingerprint density at radius 3 is 2.61 bits per heavy atom. The van der Waals surface area contributed by atoms with Crippen molar-refractivity contribution in [1.29, 1.82) is 0 Å². The molecule has 0 radical (unpaired) electrons. The summed E-state index contributed by atoms with van der Waals surface area (Å²) in [4.78, 5) is 13.0. The van der Waals surface area contributed by atoms with Gasteiger partial charge in [0.25, 0.3) is 5.91 Å². The summed E-state index contributed by atoms with van der Waals surface area (Å²) in [6.07, 6.45) is 0. The lowest BCUT2D eigenvalue weighted by molar-refractivity contribution is 0.0950. The fourth-order valence-corrected chi connectivity index (χ4v) is 4.00. The molecular weight excluding hydrogens is 392 g/mol. The highest BCUT2D eigenvalue weighted by atomic mass is 35.5. The number of nitrogens with one attached hydrogen (secondary N) is 1. The minimum absolute atomic E-state index is 0.242. The first-order valence-electron chi connectivity index (χ1n) is 8.75. The van der Waals surface area contributed by atoms with E-state index in [1.807, 2.05) is 41.8 Å². The van der Waals surface area contributed by atoms with Crippen molar-refractivity contribution in [2.75, 3.05) is 0 Å². The van der Waals surface area contributed by atoms with Crippen molar-refractivity contribution in [2.24, 2.45) is 0 Å². The predicted octanol–water partition coefficient (Wildman–Crippen LogP) is 5.96. The molecule has 0 aliphatic rings. The molecule has 4 nitrogen and oxygen atoms in total. The lowest BCUT2D eigenvalue weighted by atomic mass is 10.0. The maximum Gasteiger partial charge on any atom is 0.257 e. The van der Waals surface area contributed by atoms with Crippen LogP contribution in [0, 0.1) is 6.92 Å². The first-order valence-corrected chi connectivity index (χ1v) is 10.1. The molecule has 4 rings (SSSR count). The first kappa shape index (κ1) is 18.5. The fourth-order valence-electron chi connectivity index (χ4n) is 3.11. The second-order valence-electron chi connectivity index (χ2n) is 6.29. The molecule has 0 unspecified atom stereocenters. The van der Waals surface area contributed by atoms with Crippen LogP contribution < -0.4 is 5.32 Å². The van der Waals surface area contributed by atoms with Gasteiger partial charge < -0.3 is 9.84 Å². The summed E-state index contributed by atoms with van der Waals surface area (Å²) >= 11 is 7.93. The molecule has 0 aliphatic carbocycles. The van der Waals surface area contributed by atoms with Crippen molar-refractivity contribution in [2.45, 2.75) is 13.5 Å². The highest BCUT2D eigenvalue weighted by molar-refractivity contribution is 7.08. The van der Waals surface area contributed by atoms with Gasteiger partial charge >= 0.3 is 0 Å². The molecule has 2 aromatic carbocycles. The maximum atomic E-state index is 13.0. The molecule has 0 aliphatic heterocycles. The van der Waals surface area contributed by atoms with Gasteiger partial charge in [-0.25, -0.2) is 0 Å². The van der Waals surface area contributed by atoms with E-state index in [0.717, 1.165) is 16.7 Å². The molecule has 0 atom stereocenters. The zero-order valence-corrected chi connectivity index (χ0v) is 16.7. The normalized spacial score (nSPS) is 10.8. The van der Waals surface area contributed by atoms with Crippen molar-refractivity contribution in [3.8, 4) is 22.4 Å². The average Bonchev–Trinajstić information content (AvgIpc) is 3.37. The predicted molar refractivity (Wildman–Crippen MR) is 113 cm³/mol. The van der Waals surface area contributed by atoms with E-state index in [-0.39, 0.29) is 5.91 Å². The number of aromatic nitrogens is 1. The third-order valence-electron chi connectivity index (χ3n) is 4.51. The maximum absolute atomic E-state index is 13.0. The smallest absolute Gasteiger partial charge is 0.257 e. The van der Waals surface area contributed by atoms with E-state index < -0.39 is 0 Å². The standard InChI is InChI=1S/C22H17ClN2O2S/c1-14-20(21(25-27-14)18-8-4-5-9-19(18)23)22(26)24-12-15-6-2-3-7-17(15)16-10-11-28-13-16/h2-11,13H,12H2,1H3,(H,24,26). The van der Waals surface area contributed by atoms with E-state index in [9.17, 15) is 4.79 Å². The van der Waals surface area contributed by atoms with Gasteiger partial charge in [0, 0.05) is 12.1 Å². The minimum Gasteiger partial charge on any atom is -0.360 e. The summed E-state index contributed by atoms with van der Waals surface area (Å²) in [6.45, 7) is 2.12. The van der Waals surface area contributed by atoms with Crippen LogP contribution in [0.2, 0.25) is 5.02 Å². The molecule has 140 valence electrons. The molecule has 28 heavy (non-hydrogen) atoms. The minimum atomic E-state index is -0.242. The number of aryl methyl sites for hydroxylation is 1. The van der Waals surface area contributed by atoms with Crippen LogP contribution in [-0.4, -0.2) is 11.1 Å². The van der Waals surface area contributed by atoms with Gasteiger partial charge in [-0.1, -0.05) is 59.2 Å². The van der Waals surface area contributed by atoms with Crippen molar-refractivity contribution < 1.29 is 9.32 Å². The van der Waals surface area contributed by atoms with Gasteiger partial charge in [-0.2, -0.15) is 11.3 Å². The van der Waals surface area contributed by atoms with Crippen LogP contribution in [-0.2, 0) is 6.54 Å². The third-order valence-corrected chi connectivity index (χ3v) is 5.52. The lowest BCUT2D eigenvalue weighted by Gasteiger charge is -2.10. The summed E-state index contributed by atoms with van der Waals surface area (Å²) in [5.74, 6) is 0.215. The number of carbonyl (C=O) groups is 1. The Balaban J connectivity index is 1.60. The van der Waals surface area contributed by atoms with Gasteiger partial charge in [-0.05, 0) is 46.5 Å². The van der Waals surface area contributed by atoms with Crippen LogP contribution in [0.25, 0.3) is 22.4 Å². The van der Waals surface area contributed by atoms with E-state index in [0.29, 0.717) is 34.1 Å². The molecule has 4 aromatic rings. The number of nitrogens with zero attached hydrogens (tertiary/aromatic N) is 1. The monoisotopic (exact) mass is 408 g/mol. The molecule has 2 aromatic heterocycles. The fraction of sp³-hybridized carbons (Fsp3) is 0.0909. The summed E-state index contributed by atoms with van der Waals surface area (Å²) in [5, 5.41) is 11.7. The van der Waals surface area contributed by atoms with Crippen molar-refractivity contribution >= 4 is 28.8 Å². The number of thiophene rings is 1. The SMILES string of the molecule is Cc1onc(-c2ccccc2Cl)c1C(=O)NCc1ccccc1-c1ccsc1. The Morgan fingerprint density at radius 1 is 1.11 bits per heavy atom. The van der Waals surface area contributed by atoms with Gasteiger partial charge in [0.05, 0.1) is 5.02 Å². The average molecular weight is 409 g/mol. The van der Waals surface area contributed by atoms with Gasteiger partial charge in [0.2, 0.25) is 0 Å². The van der Waals surface area contributed by atoms with Crippen LogP contribution in [0.5, 0.6) is 0 Å². The molecule has 0 saturated heterocycles. The molecule has 0 saturated carbocycles. The zero-order valence-electron chi connectivity index (χ0n) is 15.1. The third kappa shape index (κ3) is 3.59. The lowest BCUT2D eigenvalue weighted by Crippen LogP contribution is -2.24. The van der Waals surface area contributed by atoms with E-state index in [4.69, 9.17) is 16.1 Å². The molecule has 0 spiro atoms. The zero-order chi connectivity index (χ0) is 19.5. The largest absolute Gasteiger partial charge is 0.360 e. The van der Waals surface area contributed by atoms with Crippen LogP contribution >= 0.6 is 22.9 Å². The number of hydrogen-bond donors (Lipinski definition) is 1. The summed E-state index contributed by atoms with van der Waals surface area (Å²) in [6, 6.07) is 17.4. The quantitative estimate of drug-likeness (QED) is 0.443. The number of halogens is 1. The molecule has 0 fully saturated rings. The van der Waals surface area contributed by atoms with Gasteiger partial charge in [0.1, 0.15) is 17.0 Å². The van der Waals surface area contributed by atoms with Crippen molar-refractivity contribution in [3.63, 3.8) is 0 Å². The number of hydrogen-bond acceptors (Lipinski definition) is 4. The molecule has 6 heteroatoms. The number of benzene rings is 2. The van der Waals surface area contributed by atoms with Crippen LogP contribution in [0.4, 0.5) is 0 Å². The van der Waals surface area contributed by atoms with Crippen LogP contribution in [0.1, 0.15) is 21.7 Å². The van der Waals surface area contributed by atoms with Gasteiger partial charge in [-0.15, -0.1) is 0 Å². The Labute approximate surface area is 171 Å². The second kappa shape index (κ2) is 8.00. The van der Waals surface area contributed by atoms with E-state index in [1.165, 1.54) is 0 Å². The first-order chi connectivity index (χ1) is 13.6. The summed E-state index contributed by atoms with van der Waals surface area (Å²) in [5.41, 5.74) is 4.82. The van der Waals surface area contributed by atoms with Crippen LogP contribution in [0.15, 0.2) is 69.9 Å². The van der Waals surface area contributed by atoms with Crippen LogP contribution in [0.3, 0.4) is 0 Å². The number of rotatable bonds is 5. The van der Waals surface area contributed by atoms with Gasteiger partial charge in [-0.3, -0.25) is 4.79 Å². The Hall–Kier alpha value is -2.89. The van der Waals surface area contributed by atoms with E-state index in [1.54, 1.807) is 24.3 Å². The van der Waals surface area contributed by atoms with Crippen molar-refractivity contribution in [3.05, 3.63) is 87.3 Å². The number of amides is 1. The van der Waals surface area contributed by atoms with Gasteiger partial charge in [0.15, 0.2) is 0 Å². The number of carbonyl (C=O) groups excluding carboxylic acids is 1. The molecule has 1 amide bonds. The Kier molecular flexibility index (Phi) is 5.28. The highest BCUT2D eigenvalue weighted by Gasteiger charge is 2.23. The van der Waals surface area contributed by atoms with E-state index in [2.05, 4.69) is 28.0 Å². The van der Waals surface area contributed by atoms with E-state index >= 15 is 0 Å². The summed E-state index contributed by atoms with van der Waals surface area (Å²) < 4.78 is 5.29. The Bertz CT molecular complexity index is 1120. The molecule has 1 N–H and O–H groups in total. The second-order valence-corrected chi connectivity index (χ2v) is 7.48. The molecule has 2 heterocycles. The molecule has 0 bridgehead atoms. The highest BCUT2D eigenvalue weighted by Crippen LogP contribution is 2.31. The topological polar surface area (TPSA) is 55.1 Å².